The number of piperidine rings is 1. The Labute approximate surface area is 205 Å². The molecule has 7 heteroatoms. The fraction of sp³-hybridized carbons (Fsp3) is 0.577. The minimum atomic E-state index is -3.76. The summed E-state index contributed by atoms with van der Waals surface area (Å²) in [5.41, 5.74) is 2.90. The van der Waals surface area contributed by atoms with Gasteiger partial charge in [0.2, 0.25) is 0 Å². The van der Waals surface area contributed by atoms with Crippen molar-refractivity contribution in [3.8, 4) is 0 Å². The lowest BCUT2D eigenvalue weighted by atomic mass is 9.82. The van der Waals surface area contributed by atoms with Gasteiger partial charge in [0, 0.05) is 19.0 Å². The first kappa shape index (κ1) is 29.2. The van der Waals surface area contributed by atoms with Crippen molar-refractivity contribution in [1.82, 2.24) is 0 Å². The first-order chi connectivity index (χ1) is 15.5. The monoisotopic (exact) mass is 494 g/mol. The fourth-order valence-electron chi connectivity index (χ4n) is 3.57. The van der Waals surface area contributed by atoms with Crippen molar-refractivity contribution in [2.24, 2.45) is 11.3 Å². The topological polar surface area (TPSA) is 66.5 Å². The molecular formula is C26H42N2O3S2. The van der Waals surface area contributed by atoms with Gasteiger partial charge < -0.3 is 4.90 Å². The SMILES string of the molecule is CC.CC.Cc1cccc(NS(=O)(=O)c2ccc(C(=O)C(C)C)s2)c1N1CCC(C)(C)CC1. The summed E-state index contributed by atoms with van der Waals surface area (Å²) in [5, 5.41) is 0. The third-order valence-corrected chi connectivity index (χ3v) is 8.49. The van der Waals surface area contributed by atoms with Gasteiger partial charge in [0.05, 0.1) is 16.3 Å². The molecule has 5 nitrogen and oxygen atoms in total. The molecule has 0 bridgehead atoms. The Morgan fingerprint density at radius 2 is 1.61 bits per heavy atom. The Morgan fingerprint density at radius 3 is 2.15 bits per heavy atom. The van der Waals surface area contributed by atoms with E-state index in [1.165, 1.54) is 6.07 Å². The number of nitrogens with one attached hydrogen (secondary N) is 1. The molecule has 0 aliphatic carbocycles. The lowest BCUT2D eigenvalue weighted by Crippen LogP contribution is -2.38. The molecule has 186 valence electrons. The summed E-state index contributed by atoms with van der Waals surface area (Å²) in [6, 6.07) is 8.81. The van der Waals surface area contributed by atoms with Crippen molar-refractivity contribution in [2.75, 3.05) is 22.7 Å². The zero-order valence-electron chi connectivity index (χ0n) is 21.8. The predicted molar refractivity (Wildman–Crippen MR) is 143 cm³/mol. The van der Waals surface area contributed by atoms with Crippen LogP contribution in [0.2, 0.25) is 0 Å². The Kier molecular flexibility index (Phi) is 11.1. The zero-order chi connectivity index (χ0) is 25.4. The van der Waals surface area contributed by atoms with E-state index in [0.717, 1.165) is 48.5 Å². The van der Waals surface area contributed by atoms with Crippen LogP contribution in [0.3, 0.4) is 0 Å². The van der Waals surface area contributed by atoms with Crippen LogP contribution in [0.25, 0.3) is 0 Å². The van der Waals surface area contributed by atoms with Gasteiger partial charge in [-0.25, -0.2) is 8.42 Å². The van der Waals surface area contributed by atoms with Gasteiger partial charge in [0.25, 0.3) is 10.0 Å². The summed E-state index contributed by atoms with van der Waals surface area (Å²) in [7, 11) is -3.76. The van der Waals surface area contributed by atoms with E-state index in [-0.39, 0.29) is 15.9 Å². The maximum atomic E-state index is 13.0. The predicted octanol–water partition coefficient (Wildman–Crippen LogP) is 7.37. The number of carbonyl (C=O) groups is 1. The largest absolute Gasteiger partial charge is 0.370 e. The normalized spacial score (nSPS) is 15.2. The summed E-state index contributed by atoms with van der Waals surface area (Å²) < 4.78 is 29.0. The summed E-state index contributed by atoms with van der Waals surface area (Å²) in [4.78, 5) is 14.9. The summed E-state index contributed by atoms with van der Waals surface area (Å²) in [5.74, 6) is -0.201. The molecule has 1 N–H and O–H groups in total. The van der Waals surface area contributed by atoms with Gasteiger partial charge in [-0.05, 0) is 48.9 Å². The van der Waals surface area contributed by atoms with Crippen LogP contribution in [0.4, 0.5) is 11.4 Å². The molecule has 1 aliphatic rings. The second-order valence-corrected chi connectivity index (χ2v) is 11.9. The summed E-state index contributed by atoms with van der Waals surface area (Å²) in [6.45, 7) is 20.0. The third kappa shape index (κ3) is 7.57. The number of nitrogens with zero attached hydrogens (tertiary/aromatic N) is 1. The van der Waals surface area contributed by atoms with Crippen LogP contribution in [0.15, 0.2) is 34.5 Å². The van der Waals surface area contributed by atoms with Gasteiger partial charge in [-0.1, -0.05) is 67.5 Å². The second-order valence-electron chi connectivity index (χ2n) is 8.87. The number of para-hydroxylation sites is 1. The molecule has 3 rings (SSSR count). The van der Waals surface area contributed by atoms with Crippen LogP contribution in [0.1, 0.15) is 83.5 Å². The van der Waals surface area contributed by atoms with E-state index in [1.807, 2.05) is 66.7 Å². The fourth-order valence-corrected chi connectivity index (χ4v) is 6.03. The van der Waals surface area contributed by atoms with Crippen molar-refractivity contribution < 1.29 is 13.2 Å². The van der Waals surface area contributed by atoms with E-state index < -0.39 is 10.0 Å². The quantitative estimate of drug-likeness (QED) is 0.426. The molecule has 2 heterocycles. The van der Waals surface area contributed by atoms with Gasteiger partial charge in [-0.15, -0.1) is 11.3 Å². The molecule has 0 saturated carbocycles. The molecule has 0 atom stereocenters. The van der Waals surface area contributed by atoms with Crippen LogP contribution in [0.5, 0.6) is 0 Å². The van der Waals surface area contributed by atoms with E-state index in [2.05, 4.69) is 23.5 Å². The van der Waals surface area contributed by atoms with Crippen molar-refractivity contribution in [3.63, 3.8) is 0 Å². The molecule has 0 amide bonds. The Balaban J connectivity index is 0.00000129. The molecule has 2 aromatic rings. The van der Waals surface area contributed by atoms with Crippen LogP contribution in [-0.4, -0.2) is 27.3 Å². The lowest BCUT2D eigenvalue weighted by molar-refractivity contribution is 0.0943. The van der Waals surface area contributed by atoms with Gasteiger partial charge in [-0.3, -0.25) is 9.52 Å². The molecule has 1 fully saturated rings. The van der Waals surface area contributed by atoms with E-state index in [4.69, 9.17) is 0 Å². The van der Waals surface area contributed by atoms with Crippen molar-refractivity contribution in [2.45, 2.75) is 79.4 Å². The summed E-state index contributed by atoms with van der Waals surface area (Å²) >= 11 is 1.03. The number of rotatable bonds is 6. The molecule has 33 heavy (non-hydrogen) atoms. The first-order valence-corrected chi connectivity index (χ1v) is 14.3. The molecule has 1 aliphatic heterocycles. The van der Waals surface area contributed by atoms with Gasteiger partial charge in [-0.2, -0.15) is 0 Å². The summed E-state index contributed by atoms with van der Waals surface area (Å²) in [6.07, 6.45) is 2.14. The van der Waals surface area contributed by atoms with E-state index >= 15 is 0 Å². The van der Waals surface area contributed by atoms with E-state index in [1.54, 1.807) is 6.07 Å². The average molecular weight is 495 g/mol. The van der Waals surface area contributed by atoms with Crippen LogP contribution < -0.4 is 9.62 Å². The number of hydrogen-bond donors (Lipinski definition) is 1. The minimum Gasteiger partial charge on any atom is -0.370 e. The maximum Gasteiger partial charge on any atom is 0.271 e. The van der Waals surface area contributed by atoms with Crippen LogP contribution >= 0.6 is 11.3 Å². The molecule has 1 aromatic carbocycles. The van der Waals surface area contributed by atoms with Crippen molar-refractivity contribution in [1.29, 1.82) is 0 Å². The molecule has 1 saturated heterocycles. The lowest BCUT2D eigenvalue weighted by Gasteiger charge is -2.39. The number of Topliss-reactive ketones (excluding diaryl/α,β-unsaturated/α-hetero) is 1. The molecule has 0 unspecified atom stereocenters. The molecule has 0 spiro atoms. The van der Waals surface area contributed by atoms with Crippen LogP contribution in [-0.2, 0) is 10.0 Å². The Morgan fingerprint density at radius 1 is 1.03 bits per heavy atom. The number of sulfonamides is 1. The second kappa shape index (κ2) is 12.6. The average Bonchev–Trinajstić information content (AvgIpc) is 3.28. The van der Waals surface area contributed by atoms with Crippen molar-refractivity contribution in [3.05, 3.63) is 40.8 Å². The highest BCUT2D eigenvalue weighted by Crippen LogP contribution is 2.38. The number of benzene rings is 1. The standard InChI is InChI=1S/C22H30N2O3S2.2C2H6/c1-15(2)21(25)18-9-10-19(28-18)29(26,27)23-17-8-6-7-16(3)20(17)24-13-11-22(4,5)12-14-24;2*1-2/h6-10,15,23H,11-14H2,1-5H3;2*1-2H3. The third-order valence-electron chi connectivity index (χ3n) is 5.53. The molecule has 0 radical (unpaired) electrons. The number of anilines is 2. The van der Waals surface area contributed by atoms with Gasteiger partial charge in [0.1, 0.15) is 4.21 Å². The Hall–Kier alpha value is -1.86. The maximum absolute atomic E-state index is 13.0. The number of ketones is 1. The number of aryl methyl sites for hydroxylation is 1. The highest BCUT2D eigenvalue weighted by atomic mass is 32.2. The minimum absolute atomic E-state index is 0.0383. The highest BCUT2D eigenvalue weighted by Gasteiger charge is 2.28. The van der Waals surface area contributed by atoms with Crippen molar-refractivity contribution >= 4 is 38.5 Å². The number of hydrogen-bond acceptors (Lipinski definition) is 5. The van der Waals surface area contributed by atoms with Gasteiger partial charge in [0.15, 0.2) is 5.78 Å². The van der Waals surface area contributed by atoms with Gasteiger partial charge >= 0.3 is 0 Å². The zero-order valence-corrected chi connectivity index (χ0v) is 23.4. The van der Waals surface area contributed by atoms with E-state index in [0.29, 0.717) is 16.0 Å². The number of carbonyl (C=O) groups excluding carboxylic acids is 1. The molecular weight excluding hydrogens is 452 g/mol. The Bertz CT molecular complexity index is 998. The smallest absolute Gasteiger partial charge is 0.271 e. The first-order valence-electron chi connectivity index (χ1n) is 12.0. The van der Waals surface area contributed by atoms with E-state index in [9.17, 15) is 13.2 Å². The van der Waals surface area contributed by atoms with Crippen LogP contribution in [0, 0.1) is 18.3 Å². The number of thiophene rings is 1. The highest BCUT2D eigenvalue weighted by molar-refractivity contribution is 7.94. The molecule has 1 aromatic heterocycles.